The highest BCUT2D eigenvalue weighted by atomic mass is 32.2. The standard InChI is InChI=1S/C9H17N3OS/c1-4-5-14-6-7-11-8(12-13-7)9(2,3)10/h4-6,10H2,1-3H3. The van der Waals surface area contributed by atoms with Gasteiger partial charge in [0.1, 0.15) is 0 Å². The summed E-state index contributed by atoms with van der Waals surface area (Å²) in [5.74, 6) is 3.13. The van der Waals surface area contributed by atoms with Gasteiger partial charge in [-0.2, -0.15) is 16.7 Å². The van der Waals surface area contributed by atoms with E-state index in [4.69, 9.17) is 10.3 Å². The van der Waals surface area contributed by atoms with Crippen molar-refractivity contribution in [2.75, 3.05) is 5.75 Å². The first-order valence-electron chi connectivity index (χ1n) is 4.73. The molecule has 80 valence electrons. The molecule has 4 nitrogen and oxygen atoms in total. The van der Waals surface area contributed by atoms with Crippen molar-refractivity contribution >= 4 is 11.8 Å². The zero-order valence-electron chi connectivity index (χ0n) is 8.91. The van der Waals surface area contributed by atoms with Gasteiger partial charge in [0.05, 0.1) is 11.3 Å². The summed E-state index contributed by atoms with van der Waals surface area (Å²) in [6.07, 6.45) is 1.16. The van der Waals surface area contributed by atoms with E-state index in [2.05, 4.69) is 17.1 Å². The number of aromatic nitrogens is 2. The fourth-order valence-corrected chi connectivity index (χ4v) is 1.60. The first-order valence-corrected chi connectivity index (χ1v) is 5.89. The van der Waals surface area contributed by atoms with E-state index in [1.165, 1.54) is 0 Å². The van der Waals surface area contributed by atoms with Crippen molar-refractivity contribution in [2.45, 2.75) is 38.5 Å². The van der Waals surface area contributed by atoms with Crippen LogP contribution in [0.15, 0.2) is 4.52 Å². The molecule has 0 atom stereocenters. The van der Waals surface area contributed by atoms with Gasteiger partial charge in [-0.25, -0.2) is 0 Å². The molecule has 0 radical (unpaired) electrons. The lowest BCUT2D eigenvalue weighted by Gasteiger charge is -2.11. The summed E-state index contributed by atoms with van der Waals surface area (Å²) in [5, 5.41) is 3.84. The van der Waals surface area contributed by atoms with Crippen LogP contribution in [-0.4, -0.2) is 15.9 Å². The zero-order valence-corrected chi connectivity index (χ0v) is 9.73. The zero-order chi connectivity index (χ0) is 10.6. The molecule has 0 bridgehead atoms. The molecule has 1 heterocycles. The molecule has 1 rings (SSSR count). The summed E-state index contributed by atoms with van der Waals surface area (Å²) in [4.78, 5) is 4.23. The van der Waals surface area contributed by atoms with Crippen LogP contribution in [0.4, 0.5) is 0 Å². The minimum Gasteiger partial charge on any atom is -0.338 e. The fourth-order valence-electron chi connectivity index (χ4n) is 0.879. The predicted molar refractivity (Wildman–Crippen MR) is 58.0 cm³/mol. The third-order valence-corrected chi connectivity index (χ3v) is 2.77. The van der Waals surface area contributed by atoms with E-state index in [0.717, 1.165) is 17.9 Å². The van der Waals surface area contributed by atoms with Gasteiger partial charge in [-0.1, -0.05) is 12.1 Å². The van der Waals surface area contributed by atoms with Gasteiger partial charge in [-0.15, -0.1) is 0 Å². The van der Waals surface area contributed by atoms with Crippen molar-refractivity contribution in [2.24, 2.45) is 5.73 Å². The average Bonchev–Trinajstić information content (AvgIpc) is 2.52. The highest BCUT2D eigenvalue weighted by Crippen LogP contribution is 2.16. The van der Waals surface area contributed by atoms with Crippen LogP contribution in [0.1, 0.15) is 38.9 Å². The van der Waals surface area contributed by atoms with Crippen LogP contribution in [0.2, 0.25) is 0 Å². The van der Waals surface area contributed by atoms with Crippen LogP contribution in [-0.2, 0) is 11.3 Å². The third-order valence-electron chi connectivity index (χ3n) is 1.62. The minimum absolute atomic E-state index is 0.517. The lowest BCUT2D eigenvalue weighted by molar-refractivity contribution is 0.370. The van der Waals surface area contributed by atoms with Crippen molar-refractivity contribution in [1.82, 2.24) is 10.1 Å². The number of rotatable bonds is 5. The molecule has 2 N–H and O–H groups in total. The van der Waals surface area contributed by atoms with Gasteiger partial charge in [0.25, 0.3) is 0 Å². The number of hydrogen-bond acceptors (Lipinski definition) is 5. The second-order valence-corrected chi connectivity index (χ2v) is 4.89. The Morgan fingerprint density at radius 3 is 2.71 bits per heavy atom. The third kappa shape index (κ3) is 3.31. The van der Waals surface area contributed by atoms with Crippen LogP contribution in [0, 0.1) is 0 Å². The quantitative estimate of drug-likeness (QED) is 0.760. The predicted octanol–water partition coefficient (Wildman–Crippen LogP) is 1.91. The lowest BCUT2D eigenvalue weighted by atomic mass is 10.1. The maximum absolute atomic E-state index is 5.83. The maximum atomic E-state index is 5.83. The van der Waals surface area contributed by atoms with Gasteiger partial charge in [0.2, 0.25) is 5.89 Å². The van der Waals surface area contributed by atoms with Crippen molar-refractivity contribution in [1.29, 1.82) is 0 Å². The molecule has 0 amide bonds. The van der Waals surface area contributed by atoms with E-state index in [-0.39, 0.29) is 0 Å². The highest BCUT2D eigenvalue weighted by molar-refractivity contribution is 7.98. The van der Waals surface area contributed by atoms with Crippen LogP contribution in [0.5, 0.6) is 0 Å². The van der Waals surface area contributed by atoms with Crippen LogP contribution in [0.3, 0.4) is 0 Å². The average molecular weight is 215 g/mol. The summed E-state index contributed by atoms with van der Waals surface area (Å²) in [6.45, 7) is 5.87. The van der Waals surface area contributed by atoms with E-state index in [0.29, 0.717) is 11.7 Å². The Morgan fingerprint density at radius 2 is 2.21 bits per heavy atom. The summed E-state index contributed by atoms with van der Waals surface area (Å²) in [5.41, 5.74) is 5.32. The summed E-state index contributed by atoms with van der Waals surface area (Å²) in [6, 6.07) is 0. The second kappa shape index (κ2) is 4.79. The number of nitrogens with zero attached hydrogens (tertiary/aromatic N) is 2. The SMILES string of the molecule is CCCSCc1nc(C(C)(C)N)no1. The van der Waals surface area contributed by atoms with Crippen LogP contribution < -0.4 is 5.73 Å². The molecule has 0 saturated heterocycles. The van der Waals surface area contributed by atoms with E-state index in [1.807, 2.05) is 13.8 Å². The van der Waals surface area contributed by atoms with E-state index in [1.54, 1.807) is 11.8 Å². The lowest BCUT2D eigenvalue weighted by Crippen LogP contribution is -2.30. The monoisotopic (exact) mass is 215 g/mol. The molecule has 0 aliphatic rings. The fraction of sp³-hybridized carbons (Fsp3) is 0.778. The molecule has 0 fully saturated rings. The maximum Gasteiger partial charge on any atom is 0.236 e. The van der Waals surface area contributed by atoms with Crippen molar-refractivity contribution in [3.8, 4) is 0 Å². The van der Waals surface area contributed by atoms with Crippen molar-refractivity contribution in [3.63, 3.8) is 0 Å². The Labute approximate surface area is 88.6 Å². The molecule has 0 aliphatic carbocycles. The van der Waals surface area contributed by atoms with Gasteiger partial charge in [0, 0.05) is 0 Å². The van der Waals surface area contributed by atoms with Gasteiger partial charge in [0.15, 0.2) is 5.82 Å². The van der Waals surface area contributed by atoms with Gasteiger partial charge in [-0.05, 0) is 26.0 Å². The summed E-state index contributed by atoms with van der Waals surface area (Å²) in [7, 11) is 0. The smallest absolute Gasteiger partial charge is 0.236 e. The minimum atomic E-state index is -0.517. The summed E-state index contributed by atoms with van der Waals surface area (Å²) < 4.78 is 5.08. The second-order valence-electron chi connectivity index (χ2n) is 3.79. The molecular weight excluding hydrogens is 198 g/mol. The van der Waals surface area contributed by atoms with Crippen LogP contribution in [0.25, 0.3) is 0 Å². The first-order chi connectivity index (χ1) is 6.54. The topological polar surface area (TPSA) is 64.9 Å². The molecule has 14 heavy (non-hydrogen) atoms. The van der Waals surface area contributed by atoms with Crippen molar-refractivity contribution in [3.05, 3.63) is 11.7 Å². The normalized spacial score (nSPS) is 12.0. The van der Waals surface area contributed by atoms with E-state index in [9.17, 15) is 0 Å². The molecule has 0 saturated carbocycles. The summed E-state index contributed by atoms with van der Waals surface area (Å²) >= 11 is 1.79. The van der Waals surface area contributed by atoms with Gasteiger partial charge in [-0.3, -0.25) is 0 Å². The van der Waals surface area contributed by atoms with Crippen molar-refractivity contribution < 1.29 is 4.52 Å². The molecular formula is C9H17N3OS. The van der Waals surface area contributed by atoms with E-state index >= 15 is 0 Å². The molecule has 1 aromatic heterocycles. The Morgan fingerprint density at radius 1 is 1.50 bits per heavy atom. The van der Waals surface area contributed by atoms with Crippen LogP contribution >= 0.6 is 11.8 Å². The highest BCUT2D eigenvalue weighted by Gasteiger charge is 2.21. The molecule has 0 aliphatic heterocycles. The molecule has 0 aromatic carbocycles. The molecule has 0 unspecified atom stereocenters. The van der Waals surface area contributed by atoms with Gasteiger partial charge >= 0.3 is 0 Å². The largest absolute Gasteiger partial charge is 0.338 e. The van der Waals surface area contributed by atoms with Gasteiger partial charge < -0.3 is 10.3 Å². The Bertz CT molecular complexity index is 280. The number of nitrogens with two attached hydrogens (primary N) is 1. The molecule has 1 aromatic rings. The Balaban J connectivity index is 2.51. The Kier molecular flexibility index (Phi) is 3.95. The molecule has 0 spiro atoms. The Hall–Kier alpha value is -0.550. The van der Waals surface area contributed by atoms with E-state index < -0.39 is 5.54 Å². The molecule has 5 heteroatoms. The number of hydrogen-bond donors (Lipinski definition) is 1. The number of thioether (sulfide) groups is 1. The first kappa shape index (κ1) is 11.5.